The lowest BCUT2D eigenvalue weighted by atomic mass is 10.3. The molecule has 1 aliphatic heterocycles. The Bertz CT molecular complexity index is 97.8. The second-order valence-corrected chi connectivity index (χ2v) is 3.08. The topological polar surface area (TPSA) is 15.7 Å². The zero-order valence-corrected chi connectivity index (χ0v) is 7.00. The summed E-state index contributed by atoms with van der Waals surface area (Å²) in [6.07, 6.45) is 0.392. The average Bonchev–Trinajstić information content (AvgIpc) is 1.85. The van der Waals surface area contributed by atoms with Crippen LogP contribution in [0.2, 0.25) is 0 Å². The standard InChI is InChI=1S/C7H16N2O/c1-8-4-7(10-3)5-9(2)6-8/h7H,4-6H2,1-3H3. The number of nitrogens with zero attached hydrogens (tertiary/aromatic N) is 2. The summed E-state index contributed by atoms with van der Waals surface area (Å²) in [4.78, 5) is 4.52. The molecule has 1 aliphatic rings. The van der Waals surface area contributed by atoms with Crippen LogP contribution in [0.4, 0.5) is 0 Å². The van der Waals surface area contributed by atoms with Crippen molar-refractivity contribution in [3.05, 3.63) is 0 Å². The summed E-state index contributed by atoms with van der Waals surface area (Å²) in [5.74, 6) is 0. The van der Waals surface area contributed by atoms with Crippen molar-refractivity contribution in [1.29, 1.82) is 0 Å². The normalized spacial score (nSPS) is 25.5. The van der Waals surface area contributed by atoms with Crippen molar-refractivity contribution in [3.8, 4) is 0 Å². The highest BCUT2D eigenvalue weighted by Gasteiger charge is 2.19. The molecule has 0 N–H and O–H groups in total. The summed E-state index contributed by atoms with van der Waals surface area (Å²) >= 11 is 0. The zero-order chi connectivity index (χ0) is 7.56. The van der Waals surface area contributed by atoms with Crippen LogP contribution in [-0.4, -0.2) is 56.9 Å². The second-order valence-electron chi connectivity index (χ2n) is 3.08. The predicted molar refractivity (Wildman–Crippen MR) is 40.9 cm³/mol. The maximum absolute atomic E-state index is 5.25. The zero-order valence-electron chi connectivity index (χ0n) is 7.00. The van der Waals surface area contributed by atoms with Crippen molar-refractivity contribution in [2.24, 2.45) is 0 Å². The Labute approximate surface area is 62.6 Å². The van der Waals surface area contributed by atoms with Crippen molar-refractivity contribution >= 4 is 0 Å². The first-order valence-corrected chi connectivity index (χ1v) is 3.62. The Morgan fingerprint density at radius 1 is 1.20 bits per heavy atom. The lowest BCUT2D eigenvalue weighted by molar-refractivity contribution is -0.00885. The van der Waals surface area contributed by atoms with Crippen LogP contribution in [0.15, 0.2) is 0 Å². The van der Waals surface area contributed by atoms with E-state index < -0.39 is 0 Å². The third-order valence-electron chi connectivity index (χ3n) is 1.85. The Hall–Kier alpha value is -0.120. The van der Waals surface area contributed by atoms with Gasteiger partial charge < -0.3 is 4.74 Å². The van der Waals surface area contributed by atoms with Crippen LogP contribution in [0.3, 0.4) is 0 Å². The Balaban J connectivity index is 2.35. The fraction of sp³-hybridized carbons (Fsp3) is 1.00. The SMILES string of the molecule is COC1CN(C)CN(C)C1. The van der Waals surface area contributed by atoms with Gasteiger partial charge in [0.1, 0.15) is 0 Å². The van der Waals surface area contributed by atoms with E-state index in [0.717, 1.165) is 19.8 Å². The van der Waals surface area contributed by atoms with Crippen molar-refractivity contribution in [3.63, 3.8) is 0 Å². The van der Waals surface area contributed by atoms with Gasteiger partial charge >= 0.3 is 0 Å². The molecule has 1 heterocycles. The molecular weight excluding hydrogens is 128 g/mol. The number of likely N-dealkylation sites (N-methyl/N-ethyl adjacent to an activating group) is 2. The van der Waals surface area contributed by atoms with Gasteiger partial charge in [-0.2, -0.15) is 0 Å². The number of hydrogen-bond acceptors (Lipinski definition) is 3. The van der Waals surface area contributed by atoms with Gasteiger partial charge in [-0.15, -0.1) is 0 Å². The minimum Gasteiger partial charge on any atom is -0.379 e. The van der Waals surface area contributed by atoms with Gasteiger partial charge in [-0.3, -0.25) is 9.80 Å². The first-order valence-electron chi connectivity index (χ1n) is 3.62. The summed E-state index contributed by atoms with van der Waals surface area (Å²) in [7, 11) is 6.00. The summed E-state index contributed by atoms with van der Waals surface area (Å²) in [6, 6.07) is 0. The molecule has 0 unspecified atom stereocenters. The Morgan fingerprint density at radius 2 is 1.70 bits per heavy atom. The van der Waals surface area contributed by atoms with Gasteiger partial charge in [0.2, 0.25) is 0 Å². The van der Waals surface area contributed by atoms with Gasteiger partial charge in [-0.25, -0.2) is 0 Å². The second kappa shape index (κ2) is 3.32. The molecule has 1 saturated heterocycles. The Kier molecular flexibility index (Phi) is 2.65. The molecule has 0 aromatic carbocycles. The third-order valence-corrected chi connectivity index (χ3v) is 1.85. The number of rotatable bonds is 1. The number of hydrogen-bond donors (Lipinski definition) is 0. The maximum Gasteiger partial charge on any atom is 0.0825 e. The smallest absolute Gasteiger partial charge is 0.0825 e. The quantitative estimate of drug-likeness (QED) is 0.508. The molecule has 10 heavy (non-hydrogen) atoms. The molecule has 0 aromatic heterocycles. The summed E-state index contributed by atoms with van der Waals surface area (Å²) < 4.78 is 5.25. The molecule has 60 valence electrons. The summed E-state index contributed by atoms with van der Waals surface area (Å²) in [6.45, 7) is 3.17. The molecule has 3 nitrogen and oxygen atoms in total. The fourth-order valence-corrected chi connectivity index (χ4v) is 1.43. The molecule has 0 aromatic rings. The van der Waals surface area contributed by atoms with Gasteiger partial charge in [0, 0.05) is 20.2 Å². The van der Waals surface area contributed by atoms with Crippen LogP contribution >= 0.6 is 0 Å². The minimum atomic E-state index is 0.392. The highest BCUT2D eigenvalue weighted by molar-refractivity contribution is 4.71. The van der Waals surface area contributed by atoms with Crippen LogP contribution < -0.4 is 0 Å². The van der Waals surface area contributed by atoms with Crippen molar-refractivity contribution in [2.75, 3.05) is 41.0 Å². The lowest BCUT2D eigenvalue weighted by Crippen LogP contribution is -2.49. The van der Waals surface area contributed by atoms with Gasteiger partial charge in [0.05, 0.1) is 12.8 Å². The van der Waals surface area contributed by atoms with Crippen LogP contribution in [0, 0.1) is 0 Å². The van der Waals surface area contributed by atoms with Crippen LogP contribution in [0.5, 0.6) is 0 Å². The van der Waals surface area contributed by atoms with E-state index in [2.05, 4.69) is 23.9 Å². The fourth-order valence-electron chi connectivity index (χ4n) is 1.43. The van der Waals surface area contributed by atoms with Gasteiger partial charge in [0.15, 0.2) is 0 Å². The molecule has 0 atom stereocenters. The van der Waals surface area contributed by atoms with Crippen LogP contribution in [0.25, 0.3) is 0 Å². The average molecular weight is 144 g/mol. The van der Waals surface area contributed by atoms with E-state index in [9.17, 15) is 0 Å². The van der Waals surface area contributed by atoms with Crippen molar-refractivity contribution in [2.45, 2.75) is 6.10 Å². The minimum absolute atomic E-state index is 0.392. The van der Waals surface area contributed by atoms with E-state index in [4.69, 9.17) is 4.74 Å². The van der Waals surface area contributed by atoms with E-state index in [1.165, 1.54) is 0 Å². The van der Waals surface area contributed by atoms with Crippen molar-refractivity contribution < 1.29 is 4.74 Å². The van der Waals surface area contributed by atoms with E-state index in [-0.39, 0.29) is 0 Å². The molecule has 1 fully saturated rings. The molecule has 3 heteroatoms. The molecule has 1 rings (SSSR count). The van der Waals surface area contributed by atoms with E-state index in [1.54, 1.807) is 7.11 Å². The lowest BCUT2D eigenvalue weighted by Gasteiger charge is -2.35. The van der Waals surface area contributed by atoms with Gasteiger partial charge in [-0.1, -0.05) is 0 Å². The first-order chi connectivity index (χ1) is 4.72. The Morgan fingerprint density at radius 3 is 2.10 bits per heavy atom. The number of methoxy groups -OCH3 is 1. The molecule has 0 amide bonds. The third kappa shape index (κ3) is 1.94. The molecule has 0 aliphatic carbocycles. The van der Waals surface area contributed by atoms with Crippen LogP contribution in [-0.2, 0) is 4.74 Å². The summed E-state index contributed by atoms with van der Waals surface area (Å²) in [5.41, 5.74) is 0. The molecule has 0 saturated carbocycles. The molecule has 0 bridgehead atoms. The van der Waals surface area contributed by atoms with Gasteiger partial charge in [0.25, 0.3) is 0 Å². The maximum atomic E-state index is 5.25. The highest BCUT2D eigenvalue weighted by atomic mass is 16.5. The first kappa shape index (κ1) is 7.98. The van der Waals surface area contributed by atoms with E-state index >= 15 is 0 Å². The number of ether oxygens (including phenoxy) is 1. The van der Waals surface area contributed by atoms with E-state index in [0.29, 0.717) is 6.10 Å². The molecule has 0 spiro atoms. The monoisotopic (exact) mass is 144 g/mol. The largest absolute Gasteiger partial charge is 0.379 e. The van der Waals surface area contributed by atoms with Crippen LogP contribution in [0.1, 0.15) is 0 Å². The summed E-state index contributed by atoms with van der Waals surface area (Å²) in [5, 5.41) is 0. The van der Waals surface area contributed by atoms with E-state index in [1.807, 2.05) is 0 Å². The molecule has 0 radical (unpaired) electrons. The highest BCUT2D eigenvalue weighted by Crippen LogP contribution is 2.03. The molecular formula is C7H16N2O. The van der Waals surface area contributed by atoms with Crippen molar-refractivity contribution in [1.82, 2.24) is 9.80 Å². The van der Waals surface area contributed by atoms with Gasteiger partial charge in [-0.05, 0) is 14.1 Å². The predicted octanol–water partition coefficient (Wildman–Crippen LogP) is -0.164.